The molecule has 110 valence electrons. The van der Waals surface area contributed by atoms with E-state index in [1.807, 2.05) is 10.7 Å². The van der Waals surface area contributed by atoms with E-state index in [4.69, 9.17) is 4.98 Å². The Morgan fingerprint density at radius 3 is 2.62 bits per heavy atom. The van der Waals surface area contributed by atoms with Crippen molar-refractivity contribution < 1.29 is 0 Å². The molecule has 0 aliphatic carbocycles. The van der Waals surface area contributed by atoms with E-state index in [1.165, 1.54) is 36.3 Å². The normalized spacial score (nSPS) is 11.3. The molecule has 0 N–H and O–H groups in total. The zero-order chi connectivity index (χ0) is 14.7. The van der Waals surface area contributed by atoms with Crippen LogP contribution in [0.2, 0.25) is 0 Å². The topological polar surface area (TPSA) is 30.2 Å². The van der Waals surface area contributed by atoms with Gasteiger partial charge in [0.1, 0.15) is 5.01 Å². The molecule has 0 unspecified atom stereocenters. The second-order valence-electron chi connectivity index (χ2n) is 5.53. The molecule has 0 atom stereocenters. The first kappa shape index (κ1) is 14.3. The molecule has 0 aliphatic heterocycles. The van der Waals surface area contributed by atoms with Crippen molar-refractivity contribution in [2.24, 2.45) is 0 Å². The largest absolute Gasteiger partial charge is 0.217 e. The second-order valence-corrected chi connectivity index (χ2v) is 6.57. The second kappa shape index (κ2) is 6.39. The molecule has 0 aliphatic rings. The maximum absolute atomic E-state index is 4.70. The van der Waals surface area contributed by atoms with Crippen molar-refractivity contribution in [1.82, 2.24) is 14.6 Å². The van der Waals surface area contributed by atoms with Crippen molar-refractivity contribution in [3.8, 4) is 11.3 Å². The molecule has 1 aromatic carbocycles. The van der Waals surface area contributed by atoms with Crippen molar-refractivity contribution in [2.75, 3.05) is 0 Å². The Morgan fingerprint density at radius 2 is 1.90 bits per heavy atom. The average Bonchev–Trinajstić information content (AvgIpc) is 3.02. The molecule has 0 saturated carbocycles. The van der Waals surface area contributed by atoms with E-state index in [9.17, 15) is 0 Å². The van der Waals surface area contributed by atoms with Gasteiger partial charge in [0.25, 0.3) is 0 Å². The van der Waals surface area contributed by atoms with Crippen LogP contribution in [-0.4, -0.2) is 14.6 Å². The summed E-state index contributed by atoms with van der Waals surface area (Å²) in [5, 5.41) is 5.84. The highest BCUT2D eigenvalue weighted by Gasteiger charge is 2.09. The summed E-state index contributed by atoms with van der Waals surface area (Å²) in [7, 11) is 0. The Morgan fingerprint density at radius 1 is 1.10 bits per heavy atom. The molecule has 21 heavy (non-hydrogen) atoms. The molecule has 0 bridgehead atoms. The molecule has 0 amide bonds. The summed E-state index contributed by atoms with van der Waals surface area (Å²) in [6, 6.07) is 8.48. The third kappa shape index (κ3) is 3.32. The molecular weight excluding hydrogens is 278 g/mol. The molecule has 0 radical (unpaired) electrons. The van der Waals surface area contributed by atoms with Gasteiger partial charge in [-0.3, -0.25) is 0 Å². The van der Waals surface area contributed by atoms with Gasteiger partial charge in [0.2, 0.25) is 4.96 Å². The number of aromatic nitrogens is 3. The van der Waals surface area contributed by atoms with Crippen molar-refractivity contribution in [3.63, 3.8) is 0 Å². The minimum atomic E-state index is 0.996. The summed E-state index contributed by atoms with van der Waals surface area (Å²) < 4.78 is 1.93. The van der Waals surface area contributed by atoms with Gasteiger partial charge in [-0.1, -0.05) is 67.4 Å². The van der Waals surface area contributed by atoms with Gasteiger partial charge >= 0.3 is 0 Å². The third-order valence-corrected chi connectivity index (χ3v) is 4.66. The van der Waals surface area contributed by atoms with Crippen LogP contribution >= 0.6 is 11.3 Å². The smallest absolute Gasteiger partial charge is 0.212 e. The Bertz CT molecular complexity index is 678. The highest BCUT2D eigenvalue weighted by Crippen LogP contribution is 2.23. The summed E-state index contributed by atoms with van der Waals surface area (Å²) >= 11 is 1.71. The van der Waals surface area contributed by atoms with Gasteiger partial charge in [-0.15, -0.1) is 0 Å². The minimum Gasteiger partial charge on any atom is -0.217 e. The van der Waals surface area contributed by atoms with E-state index >= 15 is 0 Å². The number of aryl methyl sites for hydroxylation is 2. The molecule has 0 spiro atoms. The summed E-state index contributed by atoms with van der Waals surface area (Å²) in [5.41, 5.74) is 3.43. The molecule has 2 aromatic heterocycles. The molecule has 2 heterocycles. The first-order chi connectivity index (χ1) is 10.3. The van der Waals surface area contributed by atoms with Gasteiger partial charge in [0.15, 0.2) is 0 Å². The lowest BCUT2D eigenvalue weighted by Gasteiger charge is -1.97. The van der Waals surface area contributed by atoms with Gasteiger partial charge in [-0.25, -0.2) is 9.50 Å². The van der Waals surface area contributed by atoms with Crippen molar-refractivity contribution in [2.45, 2.75) is 46.0 Å². The van der Waals surface area contributed by atoms with Gasteiger partial charge in [-0.05, 0) is 13.3 Å². The fourth-order valence-electron chi connectivity index (χ4n) is 2.41. The standard InChI is InChI=1S/C17H21N3S/c1-3-4-5-6-7-16-19-20-12-15(18-17(20)21-16)14-10-8-13(2)9-11-14/h8-12H,3-7H2,1-2H3. The number of hydrogen-bond acceptors (Lipinski definition) is 3. The van der Waals surface area contributed by atoms with Crippen LogP contribution in [0.15, 0.2) is 30.5 Å². The number of unbranched alkanes of at least 4 members (excludes halogenated alkanes) is 3. The van der Waals surface area contributed by atoms with Crippen molar-refractivity contribution in [1.29, 1.82) is 0 Å². The van der Waals surface area contributed by atoms with Gasteiger partial charge in [-0.2, -0.15) is 5.10 Å². The summed E-state index contributed by atoms with van der Waals surface area (Å²) in [6.45, 7) is 4.34. The number of benzene rings is 1. The van der Waals surface area contributed by atoms with E-state index in [0.717, 1.165) is 22.6 Å². The monoisotopic (exact) mass is 299 g/mol. The highest BCUT2D eigenvalue weighted by molar-refractivity contribution is 7.16. The van der Waals surface area contributed by atoms with Crippen LogP contribution < -0.4 is 0 Å². The van der Waals surface area contributed by atoms with Crippen LogP contribution in [0.3, 0.4) is 0 Å². The Labute approximate surface area is 129 Å². The minimum absolute atomic E-state index is 0.996. The first-order valence-electron chi connectivity index (χ1n) is 7.68. The molecule has 3 rings (SSSR count). The van der Waals surface area contributed by atoms with Crippen molar-refractivity contribution >= 4 is 16.3 Å². The number of rotatable bonds is 6. The van der Waals surface area contributed by atoms with Gasteiger partial charge in [0.05, 0.1) is 11.9 Å². The van der Waals surface area contributed by atoms with Crippen LogP contribution in [0.25, 0.3) is 16.2 Å². The molecule has 0 fully saturated rings. The first-order valence-corrected chi connectivity index (χ1v) is 8.50. The number of hydrogen-bond donors (Lipinski definition) is 0. The zero-order valence-electron chi connectivity index (χ0n) is 12.7. The van der Waals surface area contributed by atoms with Crippen LogP contribution in [0.5, 0.6) is 0 Å². The third-order valence-electron chi connectivity index (χ3n) is 3.68. The van der Waals surface area contributed by atoms with Crippen molar-refractivity contribution in [3.05, 3.63) is 41.0 Å². The van der Waals surface area contributed by atoms with Crippen LogP contribution in [0.1, 0.15) is 43.2 Å². The number of imidazole rings is 1. The predicted molar refractivity (Wildman–Crippen MR) is 88.9 cm³/mol. The quantitative estimate of drug-likeness (QED) is 0.607. The van der Waals surface area contributed by atoms with E-state index < -0.39 is 0 Å². The van der Waals surface area contributed by atoms with E-state index in [0.29, 0.717) is 0 Å². The summed E-state index contributed by atoms with van der Waals surface area (Å²) in [6.07, 6.45) is 8.24. The molecule has 3 aromatic rings. The highest BCUT2D eigenvalue weighted by atomic mass is 32.1. The SMILES string of the molecule is CCCCCCc1nn2cc(-c3ccc(C)cc3)nc2s1. The lowest BCUT2D eigenvalue weighted by atomic mass is 10.1. The van der Waals surface area contributed by atoms with Gasteiger partial charge in [0, 0.05) is 12.0 Å². The maximum Gasteiger partial charge on any atom is 0.212 e. The fraction of sp³-hybridized carbons (Fsp3) is 0.412. The molecule has 3 nitrogen and oxygen atoms in total. The van der Waals surface area contributed by atoms with Gasteiger partial charge < -0.3 is 0 Å². The number of nitrogens with zero attached hydrogens (tertiary/aromatic N) is 3. The van der Waals surface area contributed by atoms with E-state index in [-0.39, 0.29) is 0 Å². The lowest BCUT2D eigenvalue weighted by molar-refractivity contribution is 0.661. The van der Waals surface area contributed by atoms with E-state index in [1.54, 1.807) is 11.3 Å². The molecule has 4 heteroatoms. The van der Waals surface area contributed by atoms with Crippen LogP contribution in [-0.2, 0) is 6.42 Å². The van der Waals surface area contributed by atoms with Crippen LogP contribution in [0.4, 0.5) is 0 Å². The Hall–Kier alpha value is -1.68. The lowest BCUT2D eigenvalue weighted by Crippen LogP contribution is -1.87. The van der Waals surface area contributed by atoms with Crippen LogP contribution in [0, 0.1) is 6.92 Å². The summed E-state index contributed by atoms with van der Waals surface area (Å²) in [5.74, 6) is 0. The zero-order valence-corrected chi connectivity index (χ0v) is 13.5. The Balaban J connectivity index is 1.73. The Kier molecular flexibility index (Phi) is 4.34. The molecular formula is C17H21N3S. The predicted octanol–water partition coefficient (Wildman–Crippen LogP) is 4.89. The maximum atomic E-state index is 4.70. The number of fused-ring (bicyclic) bond motifs is 1. The fourth-order valence-corrected chi connectivity index (χ4v) is 3.33. The summed E-state index contributed by atoms with van der Waals surface area (Å²) in [4.78, 5) is 5.69. The molecule has 0 saturated heterocycles. The average molecular weight is 299 g/mol. The van der Waals surface area contributed by atoms with E-state index in [2.05, 4.69) is 43.2 Å².